The van der Waals surface area contributed by atoms with Crippen molar-refractivity contribution in [2.45, 2.75) is 26.4 Å². The summed E-state index contributed by atoms with van der Waals surface area (Å²) in [6, 6.07) is 13.7. The van der Waals surface area contributed by atoms with Crippen LogP contribution < -0.4 is 10.1 Å². The van der Waals surface area contributed by atoms with Crippen molar-refractivity contribution in [1.29, 1.82) is 0 Å². The molecule has 1 amide bonds. The van der Waals surface area contributed by atoms with Crippen molar-refractivity contribution < 1.29 is 14.5 Å². The van der Waals surface area contributed by atoms with Crippen LogP contribution in [0.15, 0.2) is 53.9 Å². The third-order valence-electron chi connectivity index (χ3n) is 4.23. The molecule has 29 heavy (non-hydrogen) atoms. The SMILES string of the molecule is CC(C)c1ccc(OCc2csc(C(=O)Nc3ccc(Cl)cc3[N+](=O)[O-])c2)cc1. The molecule has 6 nitrogen and oxygen atoms in total. The van der Waals surface area contributed by atoms with Gasteiger partial charge in [0.1, 0.15) is 18.0 Å². The fourth-order valence-corrected chi connectivity index (χ4v) is 3.59. The Morgan fingerprint density at radius 1 is 1.21 bits per heavy atom. The average Bonchev–Trinajstić information content (AvgIpc) is 3.17. The van der Waals surface area contributed by atoms with Crippen LogP contribution in [0.4, 0.5) is 11.4 Å². The summed E-state index contributed by atoms with van der Waals surface area (Å²) < 4.78 is 5.77. The first-order chi connectivity index (χ1) is 13.8. The number of carbonyl (C=O) groups excluding carboxylic acids is 1. The summed E-state index contributed by atoms with van der Waals surface area (Å²) >= 11 is 7.05. The number of hydrogen-bond donors (Lipinski definition) is 1. The fourth-order valence-electron chi connectivity index (χ4n) is 2.63. The largest absolute Gasteiger partial charge is 0.489 e. The number of amides is 1. The molecule has 0 bridgehead atoms. The van der Waals surface area contributed by atoms with E-state index in [2.05, 4.69) is 19.2 Å². The van der Waals surface area contributed by atoms with E-state index >= 15 is 0 Å². The summed E-state index contributed by atoms with van der Waals surface area (Å²) in [6.45, 7) is 4.59. The molecular weight excluding hydrogens is 412 g/mol. The minimum atomic E-state index is -0.584. The summed E-state index contributed by atoms with van der Waals surface area (Å²) in [4.78, 5) is 23.5. The molecule has 0 saturated carbocycles. The highest BCUT2D eigenvalue weighted by Crippen LogP contribution is 2.29. The molecule has 0 aliphatic rings. The van der Waals surface area contributed by atoms with E-state index in [9.17, 15) is 14.9 Å². The smallest absolute Gasteiger partial charge is 0.294 e. The molecule has 1 heterocycles. The van der Waals surface area contributed by atoms with Crippen molar-refractivity contribution in [3.63, 3.8) is 0 Å². The highest BCUT2D eigenvalue weighted by molar-refractivity contribution is 7.12. The number of hydrogen-bond acceptors (Lipinski definition) is 5. The second-order valence-electron chi connectivity index (χ2n) is 6.70. The van der Waals surface area contributed by atoms with E-state index < -0.39 is 10.8 Å². The summed E-state index contributed by atoms with van der Waals surface area (Å²) in [5.41, 5.74) is 1.93. The van der Waals surface area contributed by atoms with Crippen molar-refractivity contribution in [2.75, 3.05) is 5.32 Å². The maximum Gasteiger partial charge on any atom is 0.294 e. The maximum absolute atomic E-state index is 12.5. The second-order valence-corrected chi connectivity index (χ2v) is 8.05. The lowest BCUT2D eigenvalue weighted by Crippen LogP contribution is -2.11. The lowest BCUT2D eigenvalue weighted by molar-refractivity contribution is -0.383. The van der Waals surface area contributed by atoms with Crippen LogP contribution in [0.2, 0.25) is 5.02 Å². The molecule has 1 aromatic heterocycles. The van der Waals surface area contributed by atoms with E-state index in [0.29, 0.717) is 17.4 Å². The molecule has 0 aliphatic carbocycles. The summed E-state index contributed by atoms with van der Waals surface area (Å²) in [7, 11) is 0. The molecule has 0 fully saturated rings. The van der Waals surface area contributed by atoms with Gasteiger partial charge in [-0.1, -0.05) is 37.6 Å². The Morgan fingerprint density at radius 3 is 2.59 bits per heavy atom. The van der Waals surface area contributed by atoms with Gasteiger partial charge in [-0.25, -0.2) is 0 Å². The summed E-state index contributed by atoms with van der Waals surface area (Å²) in [5, 5.41) is 15.8. The van der Waals surface area contributed by atoms with Crippen LogP contribution in [0.3, 0.4) is 0 Å². The molecule has 0 spiro atoms. The van der Waals surface area contributed by atoms with Crippen LogP contribution >= 0.6 is 22.9 Å². The highest BCUT2D eigenvalue weighted by Gasteiger charge is 2.18. The van der Waals surface area contributed by atoms with Gasteiger partial charge in [-0.2, -0.15) is 0 Å². The monoisotopic (exact) mass is 430 g/mol. The number of carbonyl (C=O) groups is 1. The minimum Gasteiger partial charge on any atom is -0.489 e. The topological polar surface area (TPSA) is 81.5 Å². The predicted octanol–water partition coefficient (Wildman–Crippen LogP) is 6.26. The van der Waals surface area contributed by atoms with Gasteiger partial charge in [-0.3, -0.25) is 14.9 Å². The van der Waals surface area contributed by atoms with Gasteiger partial charge in [0.15, 0.2) is 0 Å². The number of thiophene rings is 1. The zero-order chi connectivity index (χ0) is 21.0. The Morgan fingerprint density at radius 2 is 1.93 bits per heavy atom. The van der Waals surface area contributed by atoms with E-state index in [4.69, 9.17) is 16.3 Å². The van der Waals surface area contributed by atoms with Gasteiger partial charge in [0.2, 0.25) is 0 Å². The van der Waals surface area contributed by atoms with Crippen molar-refractivity contribution in [2.24, 2.45) is 0 Å². The van der Waals surface area contributed by atoms with E-state index in [0.717, 1.165) is 11.3 Å². The molecule has 0 radical (unpaired) electrons. The average molecular weight is 431 g/mol. The van der Waals surface area contributed by atoms with Crippen LogP contribution in [-0.4, -0.2) is 10.8 Å². The number of nitrogens with zero attached hydrogens (tertiary/aromatic N) is 1. The van der Waals surface area contributed by atoms with Gasteiger partial charge in [0, 0.05) is 16.7 Å². The Balaban J connectivity index is 1.64. The zero-order valence-electron chi connectivity index (χ0n) is 15.8. The number of nitrogens with one attached hydrogen (secondary N) is 1. The molecule has 0 aliphatic heterocycles. The highest BCUT2D eigenvalue weighted by atomic mass is 35.5. The van der Waals surface area contributed by atoms with Crippen LogP contribution in [-0.2, 0) is 6.61 Å². The minimum absolute atomic E-state index is 0.0980. The lowest BCUT2D eigenvalue weighted by Gasteiger charge is -2.08. The number of rotatable bonds is 7. The molecular formula is C21H19ClN2O4S. The predicted molar refractivity (Wildman–Crippen MR) is 115 cm³/mol. The van der Waals surface area contributed by atoms with Gasteiger partial charge in [0.25, 0.3) is 11.6 Å². The Hall–Kier alpha value is -2.90. The first kappa shape index (κ1) is 20.8. The molecule has 3 rings (SSSR count). The third-order valence-corrected chi connectivity index (χ3v) is 5.45. The van der Waals surface area contributed by atoms with E-state index in [-0.39, 0.29) is 16.4 Å². The maximum atomic E-state index is 12.5. The molecule has 150 valence electrons. The number of nitro groups is 1. The van der Waals surface area contributed by atoms with E-state index in [1.165, 1.54) is 35.1 Å². The quantitative estimate of drug-likeness (QED) is 0.354. The first-order valence-corrected chi connectivity index (χ1v) is 10.1. The van der Waals surface area contributed by atoms with Crippen molar-refractivity contribution in [1.82, 2.24) is 0 Å². The van der Waals surface area contributed by atoms with Crippen molar-refractivity contribution >= 4 is 40.2 Å². The van der Waals surface area contributed by atoms with Crippen molar-refractivity contribution in [3.8, 4) is 5.75 Å². The molecule has 2 aromatic carbocycles. The summed E-state index contributed by atoms with van der Waals surface area (Å²) in [6.07, 6.45) is 0. The van der Waals surface area contributed by atoms with Crippen LogP contribution in [0, 0.1) is 10.1 Å². The number of halogens is 1. The number of ether oxygens (including phenoxy) is 1. The molecule has 0 unspecified atom stereocenters. The van der Waals surface area contributed by atoms with Gasteiger partial charge in [-0.05, 0) is 47.2 Å². The fraction of sp³-hybridized carbons (Fsp3) is 0.190. The molecule has 0 atom stereocenters. The van der Waals surface area contributed by atoms with Crippen LogP contribution in [0.25, 0.3) is 0 Å². The molecule has 3 aromatic rings. The zero-order valence-corrected chi connectivity index (χ0v) is 17.4. The van der Waals surface area contributed by atoms with Gasteiger partial charge in [-0.15, -0.1) is 11.3 Å². The number of anilines is 1. The molecule has 0 saturated heterocycles. The molecule has 8 heteroatoms. The Labute approximate surface area is 177 Å². The number of benzene rings is 2. The number of nitro benzene ring substituents is 1. The summed E-state index contributed by atoms with van der Waals surface area (Å²) in [5.74, 6) is 0.787. The van der Waals surface area contributed by atoms with E-state index in [1.54, 1.807) is 6.07 Å². The Bertz CT molecular complexity index is 1030. The first-order valence-electron chi connectivity index (χ1n) is 8.89. The standard InChI is InChI=1S/C21H19ClN2O4S/c1-13(2)15-3-6-17(7-4-15)28-11-14-9-20(29-12-14)21(25)23-18-8-5-16(22)10-19(18)24(26)27/h3-10,12-13H,11H2,1-2H3,(H,23,25). The third kappa shape index (κ3) is 5.34. The Kier molecular flexibility index (Phi) is 6.51. The normalized spacial score (nSPS) is 10.8. The van der Waals surface area contributed by atoms with Crippen LogP contribution in [0.5, 0.6) is 5.75 Å². The van der Waals surface area contributed by atoms with Gasteiger partial charge in [0.05, 0.1) is 9.80 Å². The van der Waals surface area contributed by atoms with E-state index in [1.807, 2.05) is 29.6 Å². The van der Waals surface area contributed by atoms with Crippen molar-refractivity contribution in [3.05, 3.63) is 85.1 Å². The van der Waals surface area contributed by atoms with Crippen LogP contribution in [0.1, 0.15) is 40.6 Å². The van der Waals surface area contributed by atoms with Gasteiger partial charge < -0.3 is 10.1 Å². The van der Waals surface area contributed by atoms with Gasteiger partial charge >= 0.3 is 0 Å². The second kappa shape index (κ2) is 9.07. The molecule has 1 N–H and O–H groups in total. The lowest BCUT2D eigenvalue weighted by atomic mass is 10.0.